The molecule has 0 aliphatic carbocycles. The van der Waals surface area contributed by atoms with Crippen molar-refractivity contribution < 1.29 is 0 Å². The molecular formula is C11H12Cl2N4. The Hall–Kier alpha value is -1.23. The van der Waals surface area contributed by atoms with Gasteiger partial charge in [0.05, 0.1) is 0 Å². The Kier molecular flexibility index (Phi) is 5.83. The van der Waals surface area contributed by atoms with Gasteiger partial charge in [-0.3, -0.25) is 0 Å². The third-order valence-electron chi connectivity index (χ3n) is 2.06. The molecule has 0 amide bonds. The summed E-state index contributed by atoms with van der Waals surface area (Å²) in [6.07, 6.45) is 6.86. The molecule has 2 rings (SSSR count). The van der Waals surface area contributed by atoms with E-state index >= 15 is 0 Å². The van der Waals surface area contributed by atoms with Crippen LogP contribution in [0.25, 0.3) is 0 Å². The van der Waals surface area contributed by atoms with Crippen molar-refractivity contribution in [3.63, 3.8) is 0 Å². The van der Waals surface area contributed by atoms with Crippen LogP contribution in [0.1, 0.15) is 11.1 Å². The van der Waals surface area contributed by atoms with Crippen LogP contribution in [-0.4, -0.2) is 15.0 Å². The summed E-state index contributed by atoms with van der Waals surface area (Å²) in [5.41, 5.74) is 2.16. The minimum Gasteiger partial charge on any atom is -0.308 e. The summed E-state index contributed by atoms with van der Waals surface area (Å²) < 4.78 is 0. The zero-order valence-corrected chi connectivity index (χ0v) is 10.6. The van der Waals surface area contributed by atoms with Crippen LogP contribution in [0, 0.1) is 0 Å². The predicted octanol–water partition coefficient (Wildman–Crippen LogP) is 2.24. The van der Waals surface area contributed by atoms with Crippen LogP contribution in [0.3, 0.4) is 0 Å². The van der Waals surface area contributed by atoms with E-state index in [-0.39, 0.29) is 12.4 Å². The number of aromatic nitrogens is 3. The van der Waals surface area contributed by atoms with Gasteiger partial charge in [-0.2, -0.15) is 0 Å². The first-order valence-corrected chi connectivity index (χ1v) is 5.27. The number of hydrogen-bond donors (Lipinski definition) is 1. The van der Waals surface area contributed by atoms with Crippen molar-refractivity contribution in [2.45, 2.75) is 13.1 Å². The van der Waals surface area contributed by atoms with Crippen molar-refractivity contribution in [3.05, 3.63) is 53.3 Å². The minimum absolute atomic E-state index is 0. The maximum atomic E-state index is 5.69. The number of rotatable bonds is 4. The number of nitrogens with one attached hydrogen (secondary N) is 1. The van der Waals surface area contributed by atoms with Gasteiger partial charge in [-0.05, 0) is 11.6 Å². The normalized spacial score (nSPS) is 9.71. The number of pyridine rings is 1. The van der Waals surface area contributed by atoms with Gasteiger partial charge in [0.1, 0.15) is 11.5 Å². The highest BCUT2D eigenvalue weighted by Gasteiger charge is 1.95. The maximum absolute atomic E-state index is 5.69. The lowest BCUT2D eigenvalue weighted by molar-refractivity contribution is 0.687. The van der Waals surface area contributed by atoms with Crippen LogP contribution >= 0.6 is 24.0 Å². The first kappa shape index (κ1) is 13.8. The van der Waals surface area contributed by atoms with Gasteiger partial charge in [-0.15, -0.1) is 12.4 Å². The Morgan fingerprint density at radius 1 is 1.00 bits per heavy atom. The molecule has 90 valence electrons. The first-order valence-electron chi connectivity index (χ1n) is 4.89. The number of nitrogens with zero attached hydrogens (tertiary/aromatic N) is 3. The van der Waals surface area contributed by atoms with Crippen molar-refractivity contribution in [2.24, 2.45) is 0 Å². The van der Waals surface area contributed by atoms with Gasteiger partial charge in [0, 0.05) is 37.2 Å². The van der Waals surface area contributed by atoms with E-state index in [1.807, 2.05) is 6.07 Å². The molecule has 6 heteroatoms. The van der Waals surface area contributed by atoms with Crippen LogP contribution < -0.4 is 5.32 Å². The quantitative estimate of drug-likeness (QED) is 0.866. The zero-order valence-electron chi connectivity index (χ0n) is 9.01. The monoisotopic (exact) mass is 270 g/mol. The fourth-order valence-electron chi connectivity index (χ4n) is 1.28. The lowest BCUT2D eigenvalue weighted by Gasteiger charge is -2.03. The summed E-state index contributed by atoms with van der Waals surface area (Å²) in [5, 5.41) is 3.79. The highest BCUT2D eigenvalue weighted by Crippen LogP contribution is 2.05. The average molecular weight is 271 g/mol. The third kappa shape index (κ3) is 4.65. The Bertz CT molecular complexity index is 433. The molecule has 0 aliphatic heterocycles. The van der Waals surface area contributed by atoms with E-state index in [0.29, 0.717) is 5.15 Å². The Morgan fingerprint density at radius 3 is 2.35 bits per heavy atom. The lowest BCUT2D eigenvalue weighted by Crippen LogP contribution is -2.13. The molecule has 0 aliphatic rings. The Labute approximate surface area is 111 Å². The molecule has 0 unspecified atom stereocenters. The second-order valence-corrected chi connectivity index (χ2v) is 3.73. The Balaban J connectivity index is 0.00000144. The van der Waals surface area contributed by atoms with Gasteiger partial charge >= 0.3 is 0 Å². The highest BCUT2D eigenvalue weighted by molar-refractivity contribution is 6.29. The van der Waals surface area contributed by atoms with Gasteiger partial charge in [-0.1, -0.05) is 17.7 Å². The maximum Gasteiger partial charge on any atom is 0.129 e. The second-order valence-electron chi connectivity index (χ2n) is 3.34. The molecule has 0 saturated carbocycles. The molecule has 0 radical (unpaired) electrons. The SMILES string of the molecule is Cl.Clc1ccc(CNCc2cncnc2)cn1. The Morgan fingerprint density at radius 2 is 1.71 bits per heavy atom. The number of halogens is 2. The topological polar surface area (TPSA) is 50.7 Å². The highest BCUT2D eigenvalue weighted by atomic mass is 35.5. The van der Waals surface area contributed by atoms with Crippen molar-refractivity contribution in [3.8, 4) is 0 Å². The molecule has 2 aromatic rings. The predicted molar refractivity (Wildman–Crippen MR) is 69.1 cm³/mol. The molecule has 0 fully saturated rings. The number of hydrogen-bond acceptors (Lipinski definition) is 4. The fourth-order valence-corrected chi connectivity index (χ4v) is 1.40. The molecule has 0 atom stereocenters. The van der Waals surface area contributed by atoms with E-state index in [4.69, 9.17) is 11.6 Å². The van der Waals surface area contributed by atoms with Gasteiger partial charge in [0.15, 0.2) is 0 Å². The van der Waals surface area contributed by atoms with E-state index in [1.54, 1.807) is 24.7 Å². The van der Waals surface area contributed by atoms with Gasteiger partial charge in [0.25, 0.3) is 0 Å². The molecule has 1 N–H and O–H groups in total. The van der Waals surface area contributed by atoms with Crippen molar-refractivity contribution in [2.75, 3.05) is 0 Å². The van der Waals surface area contributed by atoms with Crippen molar-refractivity contribution in [1.29, 1.82) is 0 Å². The molecule has 0 aromatic carbocycles. The van der Waals surface area contributed by atoms with E-state index in [0.717, 1.165) is 24.2 Å². The molecule has 2 heterocycles. The van der Waals surface area contributed by atoms with Crippen molar-refractivity contribution >= 4 is 24.0 Å². The summed E-state index contributed by atoms with van der Waals surface area (Å²) in [4.78, 5) is 11.9. The van der Waals surface area contributed by atoms with Crippen LogP contribution in [0.2, 0.25) is 5.15 Å². The van der Waals surface area contributed by atoms with Gasteiger partial charge in [0.2, 0.25) is 0 Å². The summed E-state index contributed by atoms with van der Waals surface area (Å²) in [6, 6.07) is 3.73. The summed E-state index contributed by atoms with van der Waals surface area (Å²) in [6.45, 7) is 1.49. The first-order chi connectivity index (χ1) is 7.84. The summed E-state index contributed by atoms with van der Waals surface area (Å²) in [7, 11) is 0. The summed E-state index contributed by atoms with van der Waals surface area (Å²) >= 11 is 5.69. The van der Waals surface area contributed by atoms with Crippen molar-refractivity contribution in [1.82, 2.24) is 20.3 Å². The van der Waals surface area contributed by atoms with E-state index < -0.39 is 0 Å². The molecule has 0 bridgehead atoms. The molecular weight excluding hydrogens is 259 g/mol. The molecule has 17 heavy (non-hydrogen) atoms. The average Bonchev–Trinajstić information content (AvgIpc) is 2.33. The smallest absolute Gasteiger partial charge is 0.129 e. The molecule has 2 aromatic heterocycles. The van der Waals surface area contributed by atoms with Gasteiger partial charge < -0.3 is 5.32 Å². The largest absolute Gasteiger partial charge is 0.308 e. The molecule has 4 nitrogen and oxygen atoms in total. The lowest BCUT2D eigenvalue weighted by atomic mass is 10.3. The van der Waals surface area contributed by atoms with E-state index in [2.05, 4.69) is 20.3 Å². The molecule has 0 saturated heterocycles. The minimum atomic E-state index is 0. The van der Waals surface area contributed by atoms with Crippen LogP contribution in [0.4, 0.5) is 0 Å². The third-order valence-corrected chi connectivity index (χ3v) is 2.28. The van der Waals surface area contributed by atoms with Crippen LogP contribution in [-0.2, 0) is 13.1 Å². The zero-order chi connectivity index (χ0) is 11.2. The summed E-state index contributed by atoms with van der Waals surface area (Å²) in [5.74, 6) is 0. The van der Waals surface area contributed by atoms with E-state index in [9.17, 15) is 0 Å². The second kappa shape index (κ2) is 7.17. The van der Waals surface area contributed by atoms with Gasteiger partial charge in [-0.25, -0.2) is 15.0 Å². The van der Waals surface area contributed by atoms with Crippen LogP contribution in [0.15, 0.2) is 37.1 Å². The molecule has 0 spiro atoms. The standard InChI is InChI=1S/C11H11ClN4.ClH/c12-11-2-1-9(7-16-11)3-13-4-10-5-14-8-15-6-10;/h1-2,5-8,13H,3-4H2;1H. The fraction of sp³-hybridized carbons (Fsp3) is 0.182. The van der Waals surface area contributed by atoms with E-state index in [1.165, 1.54) is 6.33 Å². The van der Waals surface area contributed by atoms with Crippen LogP contribution in [0.5, 0.6) is 0 Å².